The minimum atomic E-state index is -0.0907. The third-order valence-electron chi connectivity index (χ3n) is 2.33. The molecule has 86 valence electrons. The Balaban J connectivity index is 2.18. The highest BCUT2D eigenvalue weighted by molar-refractivity contribution is 7.16. The summed E-state index contributed by atoms with van der Waals surface area (Å²) in [5.74, 6) is 0.713. The lowest BCUT2D eigenvalue weighted by Gasteiger charge is -1.97. The summed E-state index contributed by atoms with van der Waals surface area (Å²) in [6.07, 6.45) is 3.44. The van der Waals surface area contributed by atoms with Gasteiger partial charge >= 0.3 is 0 Å². The van der Waals surface area contributed by atoms with E-state index in [0.29, 0.717) is 5.82 Å². The Bertz CT molecular complexity index is 641. The monoisotopic (exact) mass is 246 g/mol. The van der Waals surface area contributed by atoms with Gasteiger partial charge in [-0.25, -0.2) is 0 Å². The van der Waals surface area contributed by atoms with Crippen LogP contribution in [-0.2, 0) is 0 Å². The van der Waals surface area contributed by atoms with E-state index in [4.69, 9.17) is 5.73 Å². The summed E-state index contributed by atoms with van der Waals surface area (Å²) >= 11 is 1.46. The van der Waals surface area contributed by atoms with E-state index in [-0.39, 0.29) is 6.04 Å². The quantitative estimate of drug-likeness (QED) is 0.736. The van der Waals surface area contributed by atoms with E-state index in [1.54, 1.807) is 16.9 Å². The molecule has 0 saturated heterocycles. The van der Waals surface area contributed by atoms with Gasteiger partial charge in [0.25, 0.3) is 0 Å². The van der Waals surface area contributed by atoms with Crippen LogP contribution in [0.4, 0.5) is 0 Å². The van der Waals surface area contributed by atoms with E-state index in [0.717, 1.165) is 15.5 Å². The van der Waals surface area contributed by atoms with Crippen LogP contribution in [0.3, 0.4) is 0 Å². The molecule has 0 aliphatic carbocycles. The van der Waals surface area contributed by atoms with Gasteiger partial charge in [0.1, 0.15) is 5.01 Å². The molecule has 6 nitrogen and oxygen atoms in total. The molecule has 0 bridgehead atoms. The van der Waals surface area contributed by atoms with Gasteiger partial charge in [-0.1, -0.05) is 11.3 Å². The predicted octanol–water partition coefficient (Wildman–Crippen LogP) is 1.27. The van der Waals surface area contributed by atoms with Crippen molar-refractivity contribution in [3.05, 3.63) is 29.5 Å². The topological polar surface area (TPSA) is 82.0 Å². The van der Waals surface area contributed by atoms with E-state index in [9.17, 15) is 0 Å². The van der Waals surface area contributed by atoms with Crippen LogP contribution in [0.5, 0.6) is 0 Å². The fourth-order valence-corrected chi connectivity index (χ4v) is 2.29. The molecule has 1 atom stereocenters. The molecule has 0 spiro atoms. The van der Waals surface area contributed by atoms with Crippen LogP contribution in [0.2, 0.25) is 0 Å². The van der Waals surface area contributed by atoms with Crippen molar-refractivity contribution in [2.75, 3.05) is 0 Å². The standard InChI is InChI=1S/C10H10N6S/c1-6(11)9-15-16-8(13-14-10(16)17-9)7-2-4-12-5-3-7/h2-6H,11H2,1H3. The summed E-state index contributed by atoms with van der Waals surface area (Å²) in [6.45, 7) is 1.90. The number of hydrogen-bond donors (Lipinski definition) is 1. The van der Waals surface area contributed by atoms with Crippen LogP contribution < -0.4 is 5.73 Å². The first-order valence-corrected chi connectivity index (χ1v) is 5.95. The Labute approximate surface area is 101 Å². The van der Waals surface area contributed by atoms with Crippen LogP contribution in [-0.4, -0.2) is 24.8 Å². The lowest BCUT2D eigenvalue weighted by molar-refractivity contribution is 0.769. The maximum absolute atomic E-state index is 5.80. The van der Waals surface area contributed by atoms with Crippen LogP contribution in [0, 0.1) is 0 Å². The summed E-state index contributed by atoms with van der Waals surface area (Å²) in [6, 6.07) is 3.66. The SMILES string of the molecule is CC(N)c1nn2c(-c3ccncc3)nnc2s1. The Kier molecular flexibility index (Phi) is 2.34. The Morgan fingerprint density at radius 2 is 2.06 bits per heavy atom. The minimum absolute atomic E-state index is 0.0907. The van der Waals surface area contributed by atoms with Crippen molar-refractivity contribution in [3.63, 3.8) is 0 Å². The lowest BCUT2D eigenvalue weighted by Crippen LogP contribution is -2.05. The summed E-state index contributed by atoms with van der Waals surface area (Å²) in [5.41, 5.74) is 6.74. The van der Waals surface area contributed by atoms with Crippen molar-refractivity contribution < 1.29 is 0 Å². The van der Waals surface area contributed by atoms with Gasteiger partial charge in [0.2, 0.25) is 4.96 Å². The molecule has 2 N–H and O–H groups in total. The fraction of sp³-hybridized carbons (Fsp3) is 0.200. The highest BCUT2D eigenvalue weighted by Crippen LogP contribution is 2.23. The molecule has 0 aliphatic rings. The van der Waals surface area contributed by atoms with E-state index < -0.39 is 0 Å². The molecule has 0 radical (unpaired) electrons. The molecule has 0 aromatic carbocycles. The molecule has 0 amide bonds. The number of fused-ring (bicyclic) bond motifs is 1. The van der Waals surface area contributed by atoms with E-state index in [1.165, 1.54) is 11.3 Å². The molecule has 0 saturated carbocycles. The van der Waals surface area contributed by atoms with E-state index in [1.807, 2.05) is 19.1 Å². The average Bonchev–Trinajstić information content (AvgIpc) is 2.89. The van der Waals surface area contributed by atoms with Crippen LogP contribution in [0.1, 0.15) is 18.0 Å². The van der Waals surface area contributed by atoms with E-state index in [2.05, 4.69) is 20.3 Å². The molecule has 3 aromatic rings. The van der Waals surface area contributed by atoms with Gasteiger partial charge in [0, 0.05) is 18.0 Å². The lowest BCUT2D eigenvalue weighted by atomic mass is 10.2. The number of pyridine rings is 1. The summed E-state index contributed by atoms with van der Waals surface area (Å²) in [4.78, 5) is 4.73. The van der Waals surface area contributed by atoms with Gasteiger partial charge < -0.3 is 5.73 Å². The largest absolute Gasteiger partial charge is 0.322 e. The van der Waals surface area contributed by atoms with Gasteiger partial charge in [0.15, 0.2) is 5.82 Å². The zero-order chi connectivity index (χ0) is 11.8. The third-order valence-corrected chi connectivity index (χ3v) is 3.43. The van der Waals surface area contributed by atoms with Gasteiger partial charge in [-0.05, 0) is 19.1 Å². The summed E-state index contributed by atoms with van der Waals surface area (Å²) in [7, 11) is 0. The molecule has 3 aromatic heterocycles. The first kappa shape index (κ1) is 10.3. The third kappa shape index (κ3) is 1.69. The zero-order valence-corrected chi connectivity index (χ0v) is 9.92. The van der Waals surface area contributed by atoms with Gasteiger partial charge in [-0.15, -0.1) is 10.2 Å². The number of aromatic nitrogens is 5. The zero-order valence-electron chi connectivity index (χ0n) is 9.11. The van der Waals surface area contributed by atoms with Gasteiger partial charge in [0.05, 0.1) is 6.04 Å². The van der Waals surface area contributed by atoms with Crippen molar-refractivity contribution in [1.29, 1.82) is 0 Å². The molecular weight excluding hydrogens is 236 g/mol. The normalized spacial score (nSPS) is 13.1. The van der Waals surface area contributed by atoms with Crippen LogP contribution >= 0.6 is 11.3 Å². The molecule has 7 heteroatoms. The first-order chi connectivity index (χ1) is 8.25. The Hall–Kier alpha value is -1.86. The number of nitrogens with zero attached hydrogens (tertiary/aromatic N) is 5. The molecule has 0 fully saturated rings. The smallest absolute Gasteiger partial charge is 0.235 e. The van der Waals surface area contributed by atoms with Gasteiger partial charge in [-0.3, -0.25) is 4.98 Å². The second-order valence-corrected chi connectivity index (χ2v) is 4.67. The molecule has 0 aliphatic heterocycles. The van der Waals surface area contributed by atoms with E-state index >= 15 is 0 Å². The molecule has 17 heavy (non-hydrogen) atoms. The van der Waals surface area contributed by atoms with Crippen molar-refractivity contribution >= 4 is 16.3 Å². The first-order valence-electron chi connectivity index (χ1n) is 5.14. The van der Waals surface area contributed by atoms with Gasteiger partial charge in [-0.2, -0.15) is 9.61 Å². The Morgan fingerprint density at radius 3 is 2.76 bits per heavy atom. The maximum atomic E-state index is 5.80. The van der Waals surface area contributed by atoms with Crippen molar-refractivity contribution in [1.82, 2.24) is 24.8 Å². The summed E-state index contributed by atoms with van der Waals surface area (Å²) < 4.78 is 1.72. The number of hydrogen-bond acceptors (Lipinski definition) is 6. The van der Waals surface area contributed by atoms with Crippen molar-refractivity contribution in [2.24, 2.45) is 5.73 Å². The highest BCUT2D eigenvalue weighted by Gasteiger charge is 2.14. The molecular formula is C10H10N6S. The van der Waals surface area contributed by atoms with Crippen LogP contribution in [0.25, 0.3) is 16.3 Å². The molecule has 3 rings (SSSR count). The minimum Gasteiger partial charge on any atom is -0.322 e. The second-order valence-electron chi connectivity index (χ2n) is 3.68. The molecule has 3 heterocycles. The number of nitrogens with two attached hydrogens (primary N) is 1. The van der Waals surface area contributed by atoms with Crippen LogP contribution in [0.15, 0.2) is 24.5 Å². The number of rotatable bonds is 2. The fourth-order valence-electron chi connectivity index (χ4n) is 1.50. The van der Waals surface area contributed by atoms with Crippen molar-refractivity contribution in [3.8, 4) is 11.4 Å². The second kappa shape index (κ2) is 3.86. The van der Waals surface area contributed by atoms with Crippen molar-refractivity contribution in [2.45, 2.75) is 13.0 Å². The Morgan fingerprint density at radius 1 is 1.29 bits per heavy atom. The highest BCUT2D eigenvalue weighted by atomic mass is 32.1. The predicted molar refractivity (Wildman–Crippen MR) is 64.5 cm³/mol. The molecule has 1 unspecified atom stereocenters. The average molecular weight is 246 g/mol. The maximum Gasteiger partial charge on any atom is 0.235 e. The summed E-state index contributed by atoms with van der Waals surface area (Å²) in [5, 5.41) is 13.5.